The first kappa shape index (κ1) is 15.2. The fourth-order valence-electron chi connectivity index (χ4n) is 2.39. The van der Waals surface area contributed by atoms with Crippen molar-refractivity contribution in [2.45, 2.75) is 46.1 Å². The van der Waals surface area contributed by atoms with Crippen LogP contribution in [0.1, 0.15) is 49.2 Å². The first-order valence-electron chi connectivity index (χ1n) is 7.22. The van der Waals surface area contributed by atoms with Crippen molar-refractivity contribution in [2.75, 3.05) is 5.73 Å². The van der Waals surface area contributed by atoms with E-state index in [0.29, 0.717) is 23.1 Å². The molecule has 0 saturated carbocycles. The minimum Gasteiger partial charge on any atom is -0.397 e. The summed E-state index contributed by atoms with van der Waals surface area (Å²) in [4.78, 5) is 15.9. The molecule has 2 aromatic heterocycles. The third kappa shape index (κ3) is 2.82. The van der Waals surface area contributed by atoms with Gasteiger partial charge in [-0.05, 0) is 12.8 Å². The quantitative estimate of drug-likeness (QED) is 0.428. The third-order valence-corrected chi connectivity index (χ3v) is 3.53. The SMILES string of the molecule is CCCCCn1nc(CC)c2c(N)c(C(=O)NO)cnc21. The number of rotatable bonds is 6. The number of nitrogen functional groups attached to an aromatic ring is 1. The Balaban J connectivity index is 2.51. The second kappa shape index (κ2) is 6.53. The minimum atomic E-state index is -0.664. The van der Waals surface area contributed by atoms with Gasteiger partial charge in [-0.25, -0.2) is 15.1 Å². The molecule has 21 heavy (non-hydrogen) atoms. The summed E-state index contributed by atoms with van der Waals surface area (Å²) in [6.45, 7) is 4.91. The molecule has 0 unspecified atom stereocenters. The van der Waals surface area contributed by atoms with Gasteiger partial charge in [0.25, 0.3) is 5.91 Å². The molecule has 0 bridgehead atoms. The highest BCUT2D eigenvalue weighted by atomic mass is 16.5. The first-order valence-corrected chi connectivity index (χ1v) is 7.22. The van der Waals surface area contributed by atoms with Gasteiger partial charge in [-0.2, -0.15) is 5.10 Å². The van der Waals surface area contributed by atoms with E-state index in [-0.39, 0.29) is 5.56 Å². The fraction of sp³-hybridized carbons (Fsp3) is 0.500. The second-order valence-electron chi connectivity index (χ2n) is 4.96. The van der Waals surface area contributed by atoms with Crippen molar-refractivity contribution in [1.82, 2.24) is 20.2 Å². The molecule has 0 aliphatic rings. The molecule has 0 radical (unpaired) electrons. The van der Waals surface area contributed by atoms with Crippen LogP contribution in [0.3, 0.4) is 0 Å². The Morgan fingerprint density at radius 3 is 2.81 bits per heavy atom. The predicted octanol–water partition coefficient (Wildman–Crippen LogP) is 1.89. The summed E-state index contributed by atoms with van der Waals surface area (Å²) in [5.41, 5.74) is 9.64. The molecular formula is C14H21N5O2. The summed E-state index contributed by atoms with van der Waals surface area (Å²) in [7, 11) is 0. The molecule has 2 aromatic rings. The van der Waals surface area contributed by atoms with Gasteiger partial charge < -0.3 is 5.73 Å². The number of nitrogens with zero attached hydrogens (tertiary/aromatic N) is 3. The van der Waals surface area contributed by atoms with Crippen molar-refractivity contribution >= 4 is 22.6 Å². The number of nitrogens with one attached hydrogen (secondary N) is 1. The van der Waals surface area contributed by atoms with E-state index < -0.39 is 5.91 Å². The van der Waals surface area contributed by atoms with Crippen molar-refractivity contribution < 1.29 is 10.0 Å². The lowest BCUT2D eigenvalue weighted by molar-refractivity contribution is 0.0707. The number of amides is 1. The highest BCUT2D eigenvalue weighted by Crippen LogP contribution is 2.27. The molecule has 1 amide bonds. The van der Waals surface area contributed by atoms with E-state index in [1.807, 2.05) is 11.6 Å². The summed E-state index contributed by atoms with van der Waals surface area (Å²) in [5.74, 6) is -0.664. The number of aromatic nitrogens is 3. The number of hydrogen-bond donors (Lipinski definition) is 3. The Kier molecular flexibility index (Phi) is 4.74. The zero-order valence-electron chi connectivity index (χ0n) is 12.4. The van der Waals surface area contributed by atoms with Gasteiger partial charge in [0.2, 0.25) is 0 Å². The summed E-state index contributed by atoms with van der Waals surface area (Å²) >= 11 is 0. The van der Waals surface area contributed by atoms with E-state index in [9.17, 15) is 4.79 Å². The summed E-state index contributed by atoms with van der Waals surface area (Å²) in [5, 5.41) is 14.0. The van der Waals surface area contributed by atoms with Crippen molar-refractivity contribution in [3.63, 3.8) is 0 Å². The Bertz CT molecular complexity index is 650. The maximum atomic E-state index is 11.6. The van der Waals surface area contributed by atoms with Crippen LogP contribution < -0.4 is 11.2 Å². The largest absolute Gasteiger partial charge is 0.397 e. The smallest absolute Gasteiger partial charge is 0.278 e. The third-order valence-electron chi connectivity index (χ3n) is 3.53. The van der Waals surface area contributed by atoms with Gasteiger partial charge in [0.05, 0.1) is 22.3 Å². The maximum absolute atomic E-state index is 11.6. The average Bonchev–Trinajstić information content (AvgIpc) is 2.86. The van der Waals surface area contributed by atoms with E-state index in [2.05, 4.69) is 17.0 Å². The number of nitrogens with two attached hydrogens (primary N) is 1. The van der Waals surface area contributed by atoms with Crippen LogP contribution in [0.4, 0.5) is 5.69 Å². The van der Waals surface area contributed by atoms with Crippen LogP contribution in [0.2, 0.25) is 0 Å². The number of anilines is 1. The van der Waals surface area contributed by atoms with E-state index in [1.54, 1.807) is 5.48 Å². The van der Waals surface area contributed by atoms with Crippen LogP contribution in [0, 0.1) is 0 Å². The predicted molar refractivity (Wildman–Crippen MR) is 80.1 cm³/mol. The van der Waals surface area contributed by atoms with Crippen LogP contribution in [0.5, 0.6) is 0 Å². The van der Waals surface area contributed by atoms with E-state index in [4.69, 9.17) is 10.9 Å². The first-order chi connectivity index (χ1) is 10.1. The molecule has 0 spiro atoms. The van der Waals surface area contributed by atoms with Gasteiger partial charge >= 0.3 is 0 Å². The lowest BCUT2D eigenvalue weighted by Gasteiger charge is -2.06. The molecular weight excluding hydrogens is 270 g/mol. The van der Waals surface area contributed by atoms with Crippen molar-refractivity contribution in [3.05, 3.63) is 17.5 Å². The molecule has 2 rings (SSSR count). The summed E-state index contributed by atoms with van der Waals surface area (Å²) in [6, 6.07) is 0. The summed E-state index contributed by atoms with van der Waals surface area (Å²) < 4.78 is 1.85. The topological polar surface area (TPSA) is 106 Å². The highest BCUT2D eigenvalue weighted by molar-refractivity contribution is 6.06. The van der Waals surface area contributed by atoms with Crippen molar-refractivity contribution in [2.24, 2.45) is 0 Å². The van der Waals surface area contributed by atoms with E-state index in [1.165, 1.54) is 6.20 Å². The summed E-state index contributed by atoms with van der Waals surface area (Å²) in [6.07, 6.45) is 5.37. The van der Waals surface area contributed by atoms with E-state index >= 15 is 0 Å². The number of carbonyl (C=O) groups excluding carboxylic acids is 1. The van der Waals surface area contributed by atoms with Crippen LogP contribution >= 0.6 is 0 Å². The maximum Gasteiger partial charge on any atom is 0.278 e. The molecule has 7 nitrogen and oxygen atoms in total. The zero-order valence-corrected chi connectivity index (χ0v) is 12.4. The molecule has 2 heterocycles. The second-order valence-corrected chi connectivity index (χ2v) is 4.96. The molecule has 0 atom stereocenters. The molecule has 7 heteroatoms. The van der Waals surface area contributed by atoms with Gasteiger partial charge in [-0.3, -0.25) is 10.0 Å². The lowest BCUT2D eigenvalue weighted by Crippen LogP contribution is -2.20. The molecule has 0 aromatic carbocycles. The Morgan fingerprint density at radius 1 is 1.43 bits per heavy atom. The van der Waals surface area contributed by atoms with Crippen LogP contribution in [-0.2, 0) is 13.0 Å². The van der Waals surface area contributed by atoms with Crippen molar-refractivity contribution in [3.8, 4) is 0 Å². The van der Waals surface area contributed by atoms with Gasteiger partial charge in [0, 0.05) is 12.7 Å². The zero-order chi connectivity index (χ0) is 15.4. The number of pyridine rings is 1. The highest BCUT2D eigenvalue weighted by Gasteiger charge is 2.19. The van der Waals surface area contributed by atoms with Crippen LogP contribution in [0.15, 0.2) is 6.20 Å². The number of hydroxylamine groups is 1. The Labute approximate surface area is 123 Å². The number of aryl methyl sites for hydroxylation is 2. The van der Waals surface area contributed by atoms with Gasteiger partial charge in [0.15, 0.2) is 5.65 Å². The molecule has 4 N–H and O–H groups in total. The number of hydrogen-bond acceptors (Lipinski definition) is 5. The normalized spacial score (nSPS) is 11.0. The average molecular weight is 291 g/mol. The molecule has 0 saturated heterocycles. The minimum absolute atomic E-state index is 0.160. The monoisotopic (exact) mass is 291 g/mol. The molecule has 0 fully saturated rings. The number of fused-ring (bicyclic) bond motifs is 1. The standard InChI is InChI=1S/C14H21N5O2/c1-3-5-6-7-19-13-11(10(4-2)17-19)12(15)9(8-16-13)14(20)18-21/h8,21H,3-7H2,1-2H3,(H2,15,16)(H,18,20). The number of carbonyl (C=O) groups is 1. The number of unbranched alkanes of at least 4 members (excludes halogenated alkanes) is 2. The lowest BCUT2D eigenvalue weighted by atomic mass is 10.1. The van der Waals surface area contributed by atoms with Crippen LogP contribution in [0.25, 0.3) is 11.0 Å². The van der Waals surface area contributed by atoms with Crippen molar-refractivity contribution in [1.29, 1.82) is 0 Å². The molecule has 114 valence electrons. The Morgan fingerprint density at radius 2 is 2.19 bits per heavy atom. The molecule has 0 aliphatic carbocycles. The van der Waals surface area contributed by atoms with Gasteiger partial charge in [0.1, 0.15) is 0 Å². The molecule has 0 aliphatic heterocycles. The fourth-order valence-corrected chi connectivity index (χ4v) is 2.39. The van der Waals surface area contributed by atoms with Crippen LogP contribution in [-0.4, -0.2) is 25.9 Å². The van der Waals surface area contributed by atoms with Gasteiger partial charge in [-0.1, -0.05) is 26.7 Å². The Hall–Kier alpha value is -2.15. The van der Waals surface area contributed by atoms with E-state index in [0.717, 1.165) is 31.5 Å². The van der Waals surface area contributed by atoms with Gasteiger partial charge in [-0.15, -0.1) is 0 Å².